The van der Waals surface area contributed by atoms with Crippen molar-refractivity contribution in [3.05, 3.63) is 41.8 Å². The molecule has 0 radical (unpaired) electrons. The first-order chi connectivity index (χ1) is 24.2. The van der Waals surface area contributed by atoms with E-state index in [0.717, 1.165) is 11.3 Å². The molecule has 3 aromatic heterocycles. The predicted molar refractivity (Wildman–Crippen MR) is 167 cm³/mol. The first kappa shape index (κ1) is 39.3. The summed E-state index contributed by atoms with van der Waals surface area (Å²) in [6.45, 7) is 1.99. The number of rotatable bonds is 16. The molecule has 0 aromatic carbocycles. The highest BCUT2D eigenvalue weighted by Gasteiger charge is 2.58. The fourth-order valence-corrected chi connectivity index (χ4v) is 5.23. The summed E-state index contributed by atoms with van der Waals surface area (Å²) in [4.78, 5) is 61.8. The Hall–Kier alpha value is -5.44. The zero-order chi connectivity index (χ0) is 38.6. The van der Waals surface area contributed by atoms with Gasteiger partial charge in [0.1, 0.15) is 24.1 Å². The second-order valence-corrected chi connectivity index (χ2v) is 12.9. The Morgan fingerprint density at radius 3 is 2.50 bits per heavy atom. The molecule has 0 saturated carbocycles. The molecule has 7 N–H and O–H groups in total. The lowest BCUT2D eigenvalue weighted by atomic mass is 9.84. The van der Waals surface area contributed by atoms with Crippen molar-refractivity contribution in [2.45, 2.75) is 56.9 Å². The molecule has 0 aliphatic carbocycles. The van der Waals surface area contributed by atoms with Crippen molar-refractivity contribution in [3.63, 3.8) is 0 Å². The third-order valence-corrected chi connectivity index (χ3v) is 7.86. The summed E-state index contributed by atoms with van der Waals surface area (Å²) in [6.07, 6.45) is -4.53. The number of oxime groups is 1. The van der Waals surface area contributed by atoms with Crippen LogP contribution in [-0.2, 0) is 50.0 Å². The number of nitrogens with two attached hydrogens (primary N) is 2. The lowest BCUT2D eigenvalue weighted by Gasteiger charge is -2.50. The maximum atomic E-state index is 13.2. The van der Waals surface area contributed by atoms with Crippen LogP contribution in [0.3, 0.4) is 0 Å². The predicted octanol–water partition coefficient (Wildman–Crippen LogP) is -0.143. The Balaban J connectivity index is 1.37. The Labute approximate surface area is 294 Å². The number of carboxylic acids is 1. The van der Waals surface area contributed by atoms with Crippen molar-refractivity contribution >= 4 is 56.3 Å². The number of aryl methyl sites for hydroxylation is 1. The summed E-state index contributed by atoms with van der Waals surface area (Å²) in [5, 5.41) is 21.3. The molecule has 1 aliphatic rings. The number of anilines is 1. The molecule has 3 aromatic rings. The molecule has 4 heterocycles. The molecule has 52 heavy (non-hydrogen) atoms. The van der Waals surface area contributed by atoms with Crippen LogP contribution >= 0.6 is 11.3 Å². The number of hydrogen-bond donors (Lipinski definition) is 5. The van der Waals surface area contributed by atoms with Gasteiger partial charge in [0.25, 0.3) is 17.9 Å². The summed E-state index contributed by atoms with van der Waals surface area (Å²) < 4.78 is 83.3. The number of aliphatic carboxylic acids is 1. The zero-order valence-corrected chi connectivity index (χ0v) is 28.2. The zero-order valence-electron chi connectivity index (χ0n) is 26.6. The van der Waals surface area contributed by atoms with E-state index in [4.69, 9.17) is 25.6 Å². The van der Waals surface area contributed by atoms with Crippen molar-refractivity contribution in [2.24, 2.45) is 10.9 Å². The number of pyridine rings is 1. The van der Waals surface area contributed by atoms with Crippen LogP contribution in [0, 0.1) is 0 Å². The number of nitrogens with zero attached hydrogens (tertiary/aromatic N) is 6. The molecule has 0 bridgehead atoms. The van der Waals surface area contributed by atoms with E-state index in [1.165, 1.54) is 54.6 Å². The maximum absolute atomic E-state index is 13.2. The van der Waals surface area contributed by atoms with E-state index in [-0.39, 0.29) is 29.5 Å². The molecule has 0 spiro atoms. The van der Waals surface area contributed by atoms with Crippen LogP contribution in [0.1, 0.15) is 26.0 Å². The standard InChI is InChI=1S/C26H28F3N9O12S2/c1-25(2)19(21(40)38(25)50-52(44,45)46)35-20(39)18(15-11-51-24(31)34-15)36-49-16(22(41)42)10-47-13-3-4-14(32-8-13)12-7-33-37(9-12)6-5-17(30)48-23(43)26(27,28)29/h3-4,7-9,11,16-17,19H,5-6,10,30H2,1-2H3,(H2,31,34)(H,35,39)(H,41,42)(H,44,45,46)/b36-18-/t16-,17-,19+/m0/s1. The van der Waals surface area contributed by atoms with E-state index in [0.29, 0.717) is 16.3 Å². The minimum atomic E-state index is -5.18. The lowest BCUT2D eigenvalue weighted by molar-refractivity contribution is -0.218. The first-order valence-electron chi connectivity index (χ1n) is 14.3. The topological polar surface area (TPSA) is 303 Å². The number of nitrogens with one attached hydrogen (secondary N) is 1. The number of hydrogen-bond acceptors (Lipinski definition) is 17. The minimum Gasteiger partial charge on any atom is -0.487 e. The lowest BCUT2D eigenvalue weighted by Crippen LogP contribution is -2.76. The van der Waals surface area contributed by atoms with Crippen LogP contribution < -0.4 is 21.5 Å². The molecule has 1 saturated heterocycles. The number of aromatic nitrogens is 4. The molecule has 26 heteroatoms. The molecule has 2 amide bonds. The van der Waals surface area contributed by atoms with Gasteiger partial charge in [0.05, 0.1) is 23.6 Å². The number of hydroxylamine groups is 2. The highest BCUT2D eigenvalue weighted by Crippen LogP contribution is 2.33. The molecule has 1 aliphatic heterocycles. The summed E-state index contributed by atoms with van der Waals surface area (Å²) in [7, 11) is -5.06. The molecular formula is C26H28F3N9O12S2. The van der Waals surface area contributed by atoms with Crippen LogP contribution in [0.4, 0.5) is 18.3 Å². The molecular weight excluding hydrogens is 751 g/mol. The molecule has 3 atom stereocenters. The number of alkyl halides is 3. The van der Waals surface area contributed by atoms with Gasteiger partial charge in [-0.1, -0.05) is 5.16 Å². The molecule has 1 fully saturated rings. The number of thiazole rings is 1. The van der Waals surface area contributed by atoms with Crippen LogP contribution in [0.2, 0.25) is 0 Å². The molecule has 21 nitrogen and oxygen atoms in total. The second-order valence-electron chi connectivity index (χ2n) is 11.1. The fraction of sp³-hybridized carbons (Fsp3) is 0.385. The van der Waals surface area contributed by atoms with Crippen molar-refractivity contribution < 1.29 is 69.0 Å². The maximum Gasteiger partial charge on any atom is 0.490 e. The largest absolute Gasteiger partial charge is 0.490 e. The number of ether oxygens (including phenoxy) is 2. The highest BCUT2D eigenvalue weighted by molar-refractivity contribution is 7.80. The van der Waals surface area contributed by atoms with E-state index >= 15 is 0 Å². The molecule has 4 rings (SSSR count). The van der Waals surface area contributed by atoms with Crippen molar-refractivity contribution in [2.75, 3.05) is 12.3 Å². The average molecular weight is 780 g/mol. The van der Waals surface area contributed by atoms with Crippen LogP contribution in [0.25, 0.3) is 11.3 Å². The Kier molecular flexibility index (Phi) is 11.7. The van der Waals surface area contributed by atoms with Gasteiger partial charge in [0.15, 0.2) is 17.1 Å². The van der Waals surface area contributed by atoms with Gasteiger partial charge in [-0.05, 0) is 26.0 Å². The van der Waals surface area contributed by atoms with Crippen molar-refractivity contribution in [3.8, 4) is 17.0 Å². The van der Waals surface area contributed by atoms with Crippen LogP contribution in [-0.4, -0.2) is 109 Å². The Morgan fingerprint density at radius 2 is 1.94 bits per heavy atom. The minimum absolute atomic E-state index is 0.000960. The van der Waals surface area contributed by atoms with E-state index < -0.39 is 76.6 Å². The smallest absolute Gasteiger partial charge is 0.487 e. The molecule has 0 unspecified atom stereocenters. The summed E-state index contributed by atoms with van der Waals surface area (Å²) in [5.41, 5.74) is 9.70. The number of β-lactam (4-membered cyclic amide) rings is 1. The number of carbonyl (C=O) groups is 4. The van der Waals surface area contributed by atoms with E-state index in [2.05, 4.69) is 34.6 Å². The van der Waals surface area contributed by atoms with Crippen LogP contribution in [0.5, 0.6) is 5.75 Å². The number of halogens is 3. The van der Waals surface area contributed by atoms with Gasteiger partial charge in [-0.2, -0.15) is 31.8 Å². The number of esters is 1. The second kappa shape index (κ2) is 15.4. The van der Waals surface area contributed by atoms with Gasteiger partial charge in [0, 0.05) is 30.1 Å². The SMILES string of the molecule is CC1(C)[C@H](NC(=O)/C(=N\O[C@@H](COc2ccc(-c3cnn(CC[C@@H](N)OC(=O)C(F)(F)F)c3)nc2)C(=O)O)c2csc(N)n2)C(=O)N1OS(=O)(=O)O. The average Bonchev–Trinajstić information content (AvgIpc) is 3.71. The summed E-state index contributed by atoms with van der Waals surface area (Å²) in [6, 6.07) is 1.53. The fourth-order valence-electron chi connectivity index (χ4n) is 4.23. The van der Waals surface area contributed by atoms with E-state index in [9.17, 15) is 45.9 Å². The number of carboxylic acid groups (broad SMARTS) is 1. The van der Waals surface area contributed by atoms with Gasteiger partial charge in [-0.15, -0.1) is 15.6 Å². The number of carbonyl (C=O) groups excluding carboxylic acids is 3. The Morgan fingerprint density at radius 1 is 1.23 bits per heavy atom. The normalized spacial score (nSPS) is 17.1. The number of amides is 2. The van der Waals surface area contributed by atoms with Gasteiger partial charge < -0.3 is 30.5 Å². The Bertz CT molecular complexity index is 1950. The highest BCUT2D eigenvalue weighted by atomic mass is 32.3. The van der Waals surface area contributed by atoms with Gasteiger partial charge in [-0.3, -0.25) is 29.5 Å². The van der Waals surface area contributed by atoms with E-state index in [1.807, 2.05) is 0 Å². The number of nitrogen functional groups attached to an aromatic ring is 1. The quantitative estimate of drug-likeness (QED) is 0.0315. The van der Waals surface area contributed by atoms with Gasteiger partial charge in [0.2, 0.25) is 0 Å². The van der Waals surface area contributed by atoms with Crippen molar-refractivity contribution in [1.82, 2.24) is 30.1 Å². The third-order valence-electron chi connectivity index (χ3n) is 6.85. The monoisotopic (exact) mass is 779 g/mol. The van der Waals surface area contributed by atoms with Crippen LogP contribution in [0.15, 0.2) is 41.3 Å². The van der Waals surface area contributed by atoms with Gasteiger partial charge >= 0.3 is 28.5 Å². The first-order valence-corrected chi connectivity index (χ1v) is 16.5. The van der Waals surface area contributed by atoms with Crippen molar-refractivity contribution in [1.29, 1.82) is 0 Å². The third kappa shape index (κ3) is 9.87. The van der Waals surface area contributed by atoms with Gasteiger partial charge in [-0.25, -0.2) is 14.6 Å². The summed E-state index contributed by atoms with van der Waals surface area (Å²) >= 11 is 0.903. The summed E-state index contributed by atoms with van der Waals surface area (Å²) in [5.74, 6) is -6.02. The molecule has 282 valence electrons. The van der Waals surface area contributed by atoms with E-state index in [1.54, 1.807) is 0 Å².